The number of halogens is 1. The third kappa shape index (κ3) is 7.43. The van der Waals surface area contributed by atoms with Crippen LogP contribution >= 0.6 is 0 Å². The van der Waals surface area contributed by atoms with E-state index in [1.54, 1.807) is 12.1 Å². The fourth-order valence-electron chi connectivity index (χ4n) is 1.51. The first kappa shape index (κ1) is 16.9. The van der Waals surface area contributed by atoms with E-state index in [1.807, 2.05) is 0 Å². The van der Waals surface area contributed by atoms with Crippen LogP contribution in [0.1, 0.15) is 20.3 Å². The lowest BCUT2D eigenvalue weighted by Crippen LogP contribution is -2.35. The van der Waals surface area contributed by atoms with Crippen LogP contribution in [0.25, 0.3) is 0 Å². The van der Waals surface area contributed by atoms with E-state index < -0.39 is 6.10 Å². The van der Waals surface area contributed by atoms with Gasteiger partial charge in [0.2, 0.25) is 0 Å². The van der Waals surface area contributed by atoms with Gasteiger partial charge in [-0.3, -0.25) is 0 Å². The van der Waals surface area contributed by atoms with E-state index in [1.165, 1.54) is 12.1 Å². The molecule has 0 aliphatic rings. The van der Waals surface area contributed by atoms with Crippen molar-refractivity contribution in [1.29, 1.82) is 0 Å². The highest BCUT2D eigenvalue weighted by atomic mass is 19.1. The van der Waals surface area contributed by atoms with Gasteiger partial charge in [-0.2, -0.15) is 0 Å². The second-order valence-corrected chi connectivity index (χ2v) is 4.75. The largest absolute Gasteiger partial charge is 0.491 e. The number of nitrogens with one attached hydrogen (secondary N) is 1. The van der Waals surface area contributed by atoms with Crippen LogP contribution in [-0.4, -0.2) is 43.6 Å². The Balaban J connectivity index is 2.02. The zero-order chi connectivity index (χ0) is 14.8. The van der Waals surface area contributed by atoms with Crippen LogP contribution in [0.4, 0.5) is 4.39 Å². The molecule has 2 N–H and O–H groups in total. The zero-order valence-electron chi connectivity index (χ0n) is 12.1. The van der Waals surface area contributed by atoms with E-state index in [0.717, 1.165) is 6.42 Å². The number of aliphatic hydroxyl groups is 1. The average molecular weight is 285 g/mol. The topological polar surface area (TPSA) is 50.7 Å². The summed E-state index contributed by atoms with van der Waals surface area (Å²) in [6.07, 6.45) is 0.508. The average Bonchev–Trinajstić information content (AvgIpc) is 2.46. The predicted octanol–water partition coefficient (Wildman–Crippen LogP) is 1.97. The Morgan fingerprint density at radius 2 is 1.95 bits per heavy atom. The summed E-state index contributed by atoms with van der Waals surface area (Å²) in [6, 6.07) is 6.23. The van der Waals surface area contributed by atoms with Crippen LogP contribution in [0.15, 0.2) is 24.3 Å². The molecule has 0 fully saturated rings. The van der Waals surface area contributed by atoms with Crippen molar-refractivity contribution in [2.45, 2.75) is 32.4 Å². The number of aliphatic hydroxyl groups excluding tert-OH is 1. The standard InChI is InChI=1S/C15H24FNO3/c1-3-12(2)17-10-14(18)11-19-8-9-20-15-6-4-13(16)5-7-15/h4-7,12,14,17-18H,3,8-11H2,1-2H3/t12-,14-/m0/s1. The third-order valence-electron chi connectivity index (χ3n) is 2.93. The summed E-state index contributed by atoms with van der Waals surface area (Å²) in [6.45, 7) is 5.72. The summed E-state index contributed by atoms with van der Waals surface area (Å²) in [4.78, 5) is 0. The highest BCUT2D eigenvalue weighted by Gasteiger charge is 2.06. The molecule has 0 aliphatic heterocycles. The van der Waals surface area contributed by atoms with Crippen LogP contribution in [0, 0.1) is 5.82 Å². The van der Waals surface area contributed by atoms with Gasteiger partial charge in [0.25, 0.3) is 0 Å². The number of ether oxygens (including phenoxy) is 2. The van der Waals surface area contributed by atoms with E-state index in [4.69, 9.17) is 9.47 Å². The molecule has 4 nitrogen and oxygen atoms in total. The quantitative estimate of drug-likeness (QED) is 0.645. The maximum absolute atomic E-state index is 12.7. The van der Waals surface area contributed by atoms with Crippen molar-refractivity contribution in [2.75, 3.05) is 26.4 Å². The Bertz CT molecular complexity index is 359. The van der Waals surface area contributed by atoms with Gasteiger partial charge >= 0.3 is 0 Å². The van der Waals surface area contributed by atoms with E-state index >= 15 is 0 Å². The lowest BCUT2D eigenvalue weighted by molar-refractivity contribution is 0.0241. The molecule has 1 aromatic rings. The van der Waals surface area contributed by atoms with Crippen molar-refractivity contribution < 1.29 is 19.0 Å². The lowest BCUT2D eigenvalue weighted by Gasteiger charge is -2.16. The van der Waals surface area contributed by atoms with Crippen LogP contribution in [0.3, 0.4) is 0 Å². The first-order chi connectivity index (χ1) is 9.61. The molecule has 1 aromatic carbocycles. The first-order valence-electron chi connectivity index (χ1n) is 6.99. The monoisotopic (exact) mass is 285 g/mol. The molecule has 5 heteroatoms. The molecule has 0 spiro atoms. The van der Waals surface area contributed by atoms with Gasteiger partial charge in [-0.05, 0) is 37.6 Å². The number of benzene rings is 1. The molecule has 0 saturated heterocycles. The molecule has 0 aromatic heterocycles. The Kier molecular flexibility index (Phi) is 8.18. The van der Waals surface area contributed by atoms with Gasteiger partial charge in [0, 0.05) is 12.6 Å². The summed E-state index contributed by atoms with van der Waals surface area (Å²) < 4.78 is 23.3. The lowest BCUT2D eigenvalue weighted by atomic mass is 10.2. The molecular weight excluding hydrogens is 261 g/mol. The van der Waals surface area contributed by atoms with Gasteiger partial charge in [-0.25, -0.2) is 4.39 Å². The number of rotatable bonds is 10. The van der Waals surface area contributed by atoms with Crippen molar-refractivity contribution in [1.82, 2.24) is 5.32 Å². The molecule has 114 valence electrons. The third-order valence-corrected chi connectivity index (χ3v) is 2.93. The molecule has 0 radical (unpaired) electrons. The first-order valence-corrected chi connectivity index (χ1v) is 6.99. The van der Waals surface area contributed by atoms with E-state index in [9.17, 15) is 9.50 Å². The molecule has 0 saturated carbocycles. The highest BCUT2D eigenvalue weighted by Crippen LogP contribution is 2.10. The van der Waals surface area contributed by atoms with Gasteiger partial charge < -0.3 is 19.9 Å². The van der Waals surface area contributed by atoms with Crippen LogP contribution < -0.4 is 10.1 Å². The van der Waals surface area contributed by atoms with Gasteiger partial charge in [0.05, 0.1) is 19.3 Å². The SMILES string of the molecule is CC[C@H](C)NC[C@H](O)COCCOc1ccc(F)cc1. The van der Waals surface area contributed by atoms with Crippen molar-refractivity contribution in [3.8, 4) is 5.75 Å². The molecule has 0 aliphatic carbocycles. The zero-order valence-corrected chi connectivity index (χ0v) is 12.1. The summed E-state index contributed by atoms with van der Waals surface area (Å²) in [7, 11) is 0. The molecule has 20 heavy (non-hydrogen) atoms. The van der Waals surface area contributed by atoms with Crippen LogP contribution in [0.2, 0.25) is 0 Å². The molecule has 0 bridgehead atoms. The summed E-state index contributed by atoms with van der Waals surface area (Å²) in [5.74, 6) is 0.319. The van der Waals surface area contributed by atoms with Crippen molar-refractivity contribution in [2.24, 2.45) is 0 Å². The summed E-state index contributed by atoms with van der Waals surface area (Å²) in [5.41, 5.74) is 0. The molecule has 0 heterocycles. The Morgan fingerprint density at radius 1 is 1.25 bits per heavy atom. The number of hydrogen-bond acceptors (Lipinski definition) is 4. The molecular formula is C15H24FNO3. The van der Waals surface area contributed by atoms with Gasteiger partial charge in [-0.15, -0.1) is 0 Å². The van der Waals surface area contributed by atoms with Crippen LogP contribution in [0.5, 0.6) is 5.75 Å². The molecule has 0 unspecified atom stereocenters. The van der Waals surface area contributed by atoms with E-state index in [0.29, 0.717) is 31.5 Å². The molecule has 2 atom stereocenters. The maximum Gasteiger partial charge on any atom is 0.123 e. The Labute approximate surface area is 119 Å². The summed E-state index contributed by atoms with van der Waals surface area (Å²) in [5, 5.41) is 12.9. The fourth-order valence-corrected chi connectivity index (χ4v) is 1.51. The van der Waals surface area contributed by atoms with E-state index in [-0.39, 0.29) is 12.4 Å². The van der Waals surface area contributed by atoms with Crippen molar-refractivity contribution in [3.63, 3.8) is 0 Å². The minimum Gasteiger partial charge on any atom is -0.491 e. The minimum atomic E-state index is -0.519. The Hall–Kier alpha value is -1.17. The van der Waals surface area contributed by atoms with Crippen molar-refractivity contribution >= 4 is 0 Å². The minimum absolute atomic E-state index is 0.274. The summed E-state index contributed by atoms with van der Waals surface area (Å²) >= 11 is 0. The number of hydrogen-bond donors (Lipinski definition) is 2. The van der Waals surface area contributed by atoms with E-state index in [2.05, 4.69) is 19.2 Å². The molecule has 0 amide bonds. The smallest absolute Gasteiger partial charge is 0.123 e. The van der Waals surface area contributed by atoms with Gasteiger partial charge in [0.15, 0.2) is 0 Å². The normalized spacial score (nSPS) is 14.0. The Morgan fingerprint density at radius 3 is 2.60 bits per heavy atom. The second kappa shape index (κ2) is 9.69. The molecule has 1 rings (SSSR count). The van der Waals surface area contributed by atoms with Crippen LogP contribution in [-0.2, 0) is 4.74 Å². The fraction of sp³-hybridized carbons (Fsp3) is 0.600. The highest BCUT2D eigenvalue weighted by molar-refractivity contribution is 5.21. The second-order valence-electron chi connectivity index (χ2n) is 4.75. The maximum atomic E-state index is 12.7. The van der Waals surface area contributed by atoms with Gasteiger partial charge in [0.1, 0.15) is 18.2 Å². The van der Waals surface area contributed by atoms with Crippen molar-refractivity contribution in [3.05, 3.63) is 30.1 Å². The van der Waals surface area contributed by atoms with Gasteiger partial charge in [-0.1, -0.05) is 6.92 Å². The predicted molar refractivity (Wildman–Crippen MR) is 76.5 cm³/mol.